The number of amides is 3. The predicted octanol–water partition coefficient (Wildman–Crippen LogP) is -0.604. The van der Waals surface area contributed by atoms with Gasteiger partial charge in [0.05, 0.1) is 18.7 Å². The maximum atomic E-state index is 13.0. The van der Waals surface area contributed by atoms with E-state index in [1.54, 1.807) is 44.3 Å². The summed E-state index contributed by atoms with van der Waals surface area (Å²) >= 11 is 0.983. The van der Waals surface area contributed by atoms with Gasteiger partial charge in [-0.25, -0.2) is 0 Å². The molecule has 39 heavy (non-hydrogen) atoms. The predicted molar refractivity (Wildman–Crippen MR) is 147 cm³/mol. The van der Waals surface area contributed by atoms with Gasteiger partial charge in [-0.2, -0.15) is 10.5 Å². The van der Waals surface area contributed by atoms with Gasteiger partial charge < -0.3 is 21.3 Å². The zero-order valence-corrected chi connectivity index (χ0v) is 22.6. The van der Waals surface area contributed by atoms with E-state index >= 15 is 0 Å². The fourth-order valence-electron chi connectivity index (χ4n) is 4.28. The first-order valence-electron chi connectivity index (χ1n) is 12.4. The summed E-state index contributed by atoms with van der Waals surface area (Å²) in [6, 6.07) is 10.2. The van der Waals surface area contributed by atoms with Crippen molar-refractivity contribution in [3.63, 3.8) is 0 Å². The molecular formula is C26H30N8O4S. The Labute approximate surface area is 229 Å². The molecule has 0 saturated carbocycles. The Hall–Kier alpha value is -4.46. The highest BCUT2D eigenvalue weighted by atomic mass is 32.1. The molecule has 2 heterocycles. The first-order chi connectivity index (χ1) is 18.7. The number of benzene rings is 1. The number of nitriles is 2. The molecule has 13 heteroatoms. The molecule has 3 rings (SSSR count). The van der Waals surface area contributed by atoms with E-state index in [9.17, 15) is 24.4 Å². The molecule has 3 amide bonds. The third-order valence-electron chi connectivity index (χ3n) is 6.36. The molecule has 2 aromatic rings. The summed E-state index contributed by atoms with van der Waals surface area (Å²) in [7, 11) is 1.65. The second-order valence-electron chi connectivity index (χ2n) is 8.82. The number of rotatable bonds is 9. The van der Waals surface area contributed by atoms with Crippen molar-refractivity contribution >= 4 is 52.2 Å². The van der Waals surface area contributed by atoms with Gasteiger partial charge >= 0.3 is 0 Å². The lowest BCUT2D eigenvalue weighted by Crippen LogP contribution is -2.51. The Morgan fingerprint density at radius 3 is 2.72 bits per heavy atom. The van der Waals surface area contributed by atoms with Crippen LogP contribution in [0.3, 0.4) is 0 Å². The number of nitrogens with zero attached hydrogens (tertiary/aromatic N) is 5. The molecule has 1 aliphatic rings. The average Bonchev–Trinajstić information content (AvgIpc) is 3.25. The van der Waals surface area contributed by atoms with Crippen LogP contribution in [-0.2, 0) is 20.9 Å². The van der Waals surface area contributed by atoms with Crippen LogP contribution in [-0.4, -0.2) is 59.9 Å². The quantitative estimate of drug-likeness (QED) is 0.346. The van der Waals surface area contributed by atoms with Crippen molar-refractivity contribution in [1.82, 2.24) is 14.8 Å². The normalized spacial score (nSPS) is 16.5. The lowest BCUT2D eigenvalue weighted by Gasteiger charge is -2.34. The van der Waals surface area contributed by atoms with Crippen molar-refractivity contribution in [2.45, 2.75) is 38.8 Å². The summed E-state index contributed by atoms with van der Waals surface area (Å²) in [6.45, 7) is 2.41. The van der Waals surface area contributed by atoms with Crippen LogP contribution in [0.2, 0.25) is 0 Å². The Kier molecular flexibility index (Phi) is 9.98. The van der Waals surface area contributed by atoms with Crippen molar-refractivity contribution in [2.24, 2.45) is 5.73 Å². The van der Waals surface area contributed by atoms with Crippen LogP contribution in [0.25, 0.3) is 11.8 Å². The minimum Gasteiger partial charge on any atom is -0.368 e. The number of nitrogens with one attached hydrogen (secondary N) is 2. The van der Waals surface area contributed by atoms with Gasteiger partial charge in [0.2, 0.25) is 11.8 Å². The SMILES string of the molecule is CCn1c(=O)/c(=C\Nc2cccc(N(C)C(=O)CN3CCCCC3C(N)=O)c2)s/c1=C(/C#N)C(=O)NCC#N. The number of aromatic nitrogens is 1. The number of primary amides is 1. The van der Waals surface area contributed by atoms with Crippen LogP contribution in [0, 0.1) is 22.7 Å². The van der Waals surface area contributed by atoms with Gasteiger partial charge in [-0.15, -0.1) is 11.3 Å². The third kappa shape index (κ3) is 6.90. The maximum Gasteiger partial charge on any atom is 0.270 e. The number of hydrogen-bond acceptors (Lipinski definition) is 9. The molecule has 0 spiro atoms. The van der Waals surface area contributed by atoms with Crippen LogP contribution in [0.15, 0.2) is 29.1 Å². The Bertz CT molecular complexity index is 1510. The van der Waals surface area contributed by atoms with Gasteiger partial charge in [0, 0.05) is 31.2 Å². The summed E-state index contributed by atoms with van der Waals surface area (Å²) < 4.78 is 1.79. The highest BCUT2D eigenvalue weighted by Crippen LogP contribution is 2.21. The smallest absolute Gasteiger partial charge is 0.270 e. The molecule has 1 unspecified atom stereocenters. The minimum absolute atomic E-state index is 0.0715. The first kappa shape index (κ1) is 29.1. The van der Waals surface area contributed by atoms with E-state index in [0.29, 0.717) is 24.3 Å². The fraction of sp³-hybridized carbons (Fsp3) is 0.385. The number of nitrogens with two attached hydrogens (primary N) is 1. The lowest BCUT2D eigenvalue weighted by atomic mass is 10.0. The molecule has 1 aliphatic heterocycles. The highest BCUT2D eigenvalue weighted by molar-refractivity contribution is 7.07. The molecule has 1 atom stereocenters. The monoisotopic (exact) mass is 550 g/mol. The molecule has 204 valence electrons. The van der Waals surface area contributed by atoms with Crippen molar-refractivity contribution in [2.75, 3.05) is 36.9 Å². The molecule has 1 fully saturated rings. The Balaban J connectivity index is 1.84. The second kappa shape index (κ2) is 13.4. The molecule has 1 aromatic heterocycles. The number of likely N-dealkylation sites (tertiary alicyclic amines) is 1. The van der Waals surface area contributed by atoms with Crippen molar-refractivity contribution in [3.8, 4) is 12.1 Å². The number of thiazole rings is 1. The topological polar surface area (TPSA) is 177 Å². The van der Waals surface area contributed by atoms with E-state index in [4.69, 9.17) is 11.0 Å². The van der Waals surface area contributed by atoms with Crippen LogP contribution in [0.4, 0.5) is 11.4 Å². The first-order valence-corrected chi connectivity index (χ1v) is 13.2. The van der Waals surface area contributed by atoms with Crippen LogP contribution in [0.5, 0.6) is 0 Å². The van der Waals surface area contributed by atoms with Crippen molar-refractivity contribution in [1.29, 1.82) is 10.5 Å². The number of carbonyl (C=O) groups is 3. The largest absolute Gasteiger partial charge is 0.368 e. The fourth-order valence-corrected chi connectivity index (χ4v) is 5.36. The summed E-state index contributed by atoms with van der Waals surface area (Å²) in [4.78, 5) is 53.3. The van der Waals surface area contributed by atoms with Crippen LogP contribution < -0.4 is 36.0 Å². The van der Waals surface area contributed by atoms with Crippen molar-refractivity contribution in [3.05, 3.63) is 43.8 Å². The molecule has 1 aromatic carbocycles. The number of likely N-dealkylation sites (N-methyl/N-ethyl adjacent to an activating group) is 1. The molecule has 12 nitrogen and oxygen atoms in total. The highest BCUT2D eigenvalue weighted by Gasteiger charge is 2.29. The molecule has 4 N–H and O–H groups in total. The molecular weight excluding hydrogens is 520 g/mol. The average molecular weight is 551 g/mol. The summed E-state index contributed by atoms with van der Waals surface area (Å²) in [5, 5.41) is 23.6. The number of carbonyl (C=O) groups excluding carboxylic acids is 3. The van der Waals surface area contributed by atoms with Gasteiger partial charge in [-0.1, -0.05) is 12.5 Å². The van der Waals surface area contributed by atoms with Gasteiger partial charge in [0.15, 0.2) is 5.57 Å². The van der Waals surface area contributed by atoms with Gasteiger partial charge in [-0.05, 0) is 44.5 Å². The number of hydrogen-bond donors (Lipinski definition) is 3. The van der Waals surface area contributed by atoms with E-state index in [1.165, 1.54) is 15.7 Å². The summed E-state index contributed by atoms with van der Waals surface area (Å²) in [5.41, 5.74) is 6.11. The lowest BCUT2D eigenvalue weighted by molar-refractivity contribution is -0.127. The van der Waals surface area contributed by atoms with Crippen molar-refractivity contribution < 1.29 is 14.4 Å². The van der Waals surface area contributed by atoms with Gasteiger partial charge in [-0.3, -0.25) is 28.6 Å². The van der Waals surface area contributed by atoms with Crippen LogP contribution in [0.1, 0.15) is 26.2 Å². The minimum atomic E-state index is -0.728. The summed E-state index contributed by atoms with van der Waals surface area (Å²) in [6.07, 6.45) is 3.93. The number of piperidine rings is 1. The maximum absolute atomic E-state index is 13.0. The summed E-state index contributed by atoms with van der Waals surface area (Å²) in [5.74, 6) is -1.34. The third-order valence-corrected chi connectivity index (χ3v) is 7.49. The molecule has 1 saturated heterocycles. The second-order valence-corrected chi connectivity index (χ2v) is 9.86. The Morgan fingerprint density at radius 2 is 2.05 bits per heavy atom. The van der Waals surface area contributed by atoms with E-state index in [2.05, 4.69) is 10.6 Å². The van der Waals surface area contributed by atoms with E-state index in [0.717, 1.165) is 24.2 Å². The zero-order valence-electron chi connectivity index (χ0n) is 21.8. The molecule has 0 aliphatic carbocycles. The standard InChI is InChI=1S/C26H30N8O4S/c1-3-34-25(38)21(39-26(34)19(14-28)24(37)30-11-10-27)15-31-17-7-6-8-18(13-17)32(2)22(35)16-33-12-5-4-9-20(33)23(29)36/h6-8,13,15,20,31H,3-5,9,11-12,16H2,1-2H3,(H2,29,36)(H,30,37)/b21-15+,26-19-. The van der Waals surface area contributed by atoms with Gasteiger partial charge in [0.1, 0.15) is 21.8 Å². The van der Waals surface area contributed by atoms with Crippen LogP contribution >= 0.6 is 11.3 Å². The zero-order chi connectivity index (χ0) is 28.5. The Morgan fingerprint density at radius 1 is 1.28 bits per heavy atom. The van der Waals surface area contributed by atoms with E-state index in [-0.39, 0.29) is 45.9 Å². The van der Waals surface area contributed by atoms with E-state index in [1.807, 2.05) is 11.0 Å². The van der Waals surface area contributed by atoms with E-state index < -0.39 is 17.9 Å². The molecule has 0 bridgehead atoms. The van der Waals surface area contributed by atoms with Gasteiger partial charge in [0.25, 0.3) is 11.5 Å². The molecule has 0 radical (unpaired) electrons. The number of anilines is 2.